The van der Waals surface area contributed by atoms with Crippen molar-refractivity contribution in [3.05, 3.63) is 193 Å². The molecule has 3 nitrogen and oxygen atoms in total. The van der Waals surface area contributed by atoms with Crippen LogP contribution >= 0.6 is 0 Å². The van der Waals surface area contributed by atoms with Crippen LogP contribution in [-0.2, 0) is 6.42 Å². The fraction of sp³-hybridized carbons (Fsp3) is 0.0566. The SMILES string of the molecule is CC1C=Cc2cc(-c3c4ccccc4c(-c4ccc5ccccc5c4)c4cc(-c5cccc(-n6c(-c7ccccn7)nc7ccccc76)c5)ccc34)ccc2C1. The predicted molar refractivity (Wildman–Crippen MR) is 235 cm³/mol. The van der Waals surface area contributed by atoms with Crippen LogP contribution in [-0.4, -0.2) is 14.5 Å². The molecule has 0 amide bonds. The van der Waals surface area contributed by atoms with Gasteiger partial charge in [-0.1, -0.05) is 134 Å². The zero-order valence-corrected chi connectivity index (χ0v) is 31.0. The molecule has 0 saturated carbocycles. The minimum Gasteiger partial charge on any atom is -0.291 e. The summed E-state index contributed by atoms with van der Waals surface area (Å²) >= 11 is 0. The molecule has 0 fully saturated rings. The van der Waals surface area contributed by atoms with Crippen LogP contribution < -0.4 is 0 Å². The van der Waals surface area contributed by atoms with Crippen molar-refractivity contribution < 1.29 is 0 Å². The third kappa shape index (κ3) is 5.35. The third-order valence-electron chi connectivity index (χ3n) is 11.5. The fourth-order valence-electron chi connectivity index (χ4n) is 8.88. The Labute approximate surface area is 325 Å². The lowest BCUT2D eigenvalue weighted by Crippen LogP contribution is -2.03. The van der Waals surface area contributed by atoms with Crippen LogP contribution in [0.3, 0.4) is 0 Å². The van der Waals surface area contributed by atoms with Crippen molar-refractivity contribution >= 4 is 49.4 Å². The van der Waals surface area contributed by atoms with Crippen molar-refractivity contribution in [2.24, 2.45) is 5.92 Å². The number of fused-ring (bicyclic) bond motifs is 5. The van der Waals surface area contributed by atoms with E-state index < -0.39 is 0 Å². The zero-order chi connectivity index (χ0) is 37.2. The van der Waals surface area contributed by atoms with Crippen molar-refractivity contribution in [2.75, 3.05) is 0 Å². The number of aromatic nitrogens is 3. The number of pyridine rings is 1. The molecule has 0 N–H and O–H groups in total. The van der Waals surface area contributed by atoms with Gasteiger partial charge in [-0.2, -0.15) is 0 Å². The number of benzene rings is 8. The van der Waals surface area contributed by atoms with Crippen molar-refractivity contribution in [2.45, 2.75) is 13.3 Å². The van der Waals surface area contributed by atoms with E-state index >= 15 is 0 Å². The van der Waals surface area contributed by atoms with E-state index in [9.17, 15) is 0 Å². The van der Waals surface area contributed by atoms with Gasteiger partial charge in [-0.05, 0) is 144 Å². The van der Waals surface area contributed by atoms with Gasteiger partial charge in [0.25, 0.3) is 0 Å². The molecular weight excluding hydrogens is 679 g/mol. The summed E-state index contributed by atoms with van der Waals surface area (Å²) in [5.74, 6) is 1.38. The highest BCUT2D eigenvalue weighted by Gasteiger charge is 2.20. The third-order valence-corrected chi connectivity index (χ3v) is 11.5. The lowest BCUT2D eigenvalue weighted by Gasteiger charge is -2.21. The summed E-state index contributed by atoms with van der Waals surface area (Å²) in [4.78, 5) is 9.76. The number of nitrogens with zero attached hydrogens (tertiary/aromatic N) is 3. The first-order valence-corrected chi connectivity index (χ1v) is 19.5. The molecule has 0 radical (unpaired) electrons. The van der Waals surface area contributed by atoms with E-state index in [1.807, 2.05) is 30.5 Å². The summed E-state index contributed by atoms with van der Waals surface area (Å²) in [5, 5.41) is 7.48. The average Bonchev–Trinajstić information content (AvgIpc) is 3.65. The van der Waals surface area contributed by atoms with E-state index in [1.165, 1.54) is 65.7 Å². The number of rotatable bonds is 5. The second-order valence-electron chi connectivity index (χ2n) is 15.1. The summed E-state index contributed by atoms with van der Waals surface area (Å²) in [7, 11) is 0. The summed E-state index contributed by atoms with van der Waals surface area (Å²) in [6, 6.07) is 61.9. The number of hydrogen-bond acceptors (Lipinski definition) is 2. The van der Waals surface area contributed by atoms with Gasteiger partial charge >= 0.3 is 0 Å². The highest BCUT2D eigenvalue weighted by Crippen LogP contribution is 2.46. The Hall–Kier alpha value is -7.10. The van der Waals surface area contributed by atoms with Crippen LogP contribution in [0.15, 0.2) is 182 Å². The monoisotopic (exact) mass is 715 g/mol. The van der Waals surface area contributed by atoms with Crippen molar-refractivity contribution in [3.8, 4) is 50.6 Å². The highest BCUT2D eigenvalue weighted by molar-refractivity contribution is 6.22. The summed E-state index contributed by atoms with van der Waals surface area (Å²) in [5.41, 5.74) is 13.9. The van der Waals surface area contributed by atoms with Crippen molar-refractivity contribution in [1.82, 2.24) is 14.5 Å². The Balaban J connectivity index is 1.16. The van der Waals surface area contributed by atoms with E-state index in [0.29, 0.717) is 5.92 Å². The molecule has 1 aliphatic rings. The number of allylic oxidation sites excluding steroid dienone is 1. The molecular formula is C53H37N3. The van der Waals surface area contributed by atoms with E-state index in [2.05, 4.69) is 169 Å². The average molecular weight is 716 g/mol. The van der Waals surface area contributed by atoms with E-state index in [1.54, 1.807) is 0 Å². The summed E-state index contributed by atoms with van der Waals surface area (Å²) in [6.45, 7) is 2.30. The first-order valence-electron chi connectivity index (χ1n) is 19.5. The molecule has 3 heteroatoms. The molecule has 1 unspecified atom stereocenters. The maximum atomic E-state index is 5.06. The van der Waals surface area contributed by atoms with E-state index in [-0.39, 0.29) is 0 Å². The molecule has 1 atom stereocenters. The number of para-hydroxylation sites is 2. The van der Waals surface area contributed by atoms with Gasteiger partial charge < -0.3 is 0 Å². The van der Waals surface area contributed by atoms with Crippen molar-refractivity contribution in [1.29, 1.82) is 0 Å². The van der Waals surface area contributed by atoms with Crippen molar-refractivity contribution in [3.63, 3.8) is 0 Å². The molecule has 0 spiro atoms. The van der Waals surface area contributed by atoms with Crippen LogP contribution in [0.1, 0.15) is 18.1 Å². The normalized spacial score (nSPS) is 13.8. The molecule has 0 bridgehead atoms. The molecule has 2 aromatic heterocycles. The summed E-state index contributed by atoms with van der Waals surface area (Å²) < 4.78 is 2.24. The minimum absolute atomic E-state index is 0.558. The second kappa shape index (κ2) is 13.0. The molecule has 0 aliphatic heterocycles. The second-order valence-corrected chi connectivity index (χ2v) is 15.1. The van der Waals surface area contributed by atoms with Gasteiger partial charge in [-0.15, -0.1) is 0 Å². The molecule has 1 aliphatic carbocycles. The minimum atomic E-state index is 0.558. The zero-order valence-electron chi connectivity index (χ0n) is 31.0. The van der Waals surface area contributed by atoms with Gasteiger partial charge in [0.15, 0.2) is 5.82 Å². The lowest BCUT2D eigenvalue weighted by molar-refractivity contribution is 0.717. The molecule has 0 saturated heterocycles. The van der Waals surface area contributed by atoms with Gasteiger partial charge in [0.1, 0.15) is 5.69 Å². The Morgan fingerprint density at radius 1 is 0.536 bits per heavy atom. The van der Waals surface area contributed by atoms with Gasteiger partial charge in [-0.3, -0.25) is 9.55 Å². The molecule has 11 rings (SSSR count). The lowest BCUT2D eigenvalue weighted by atomic mass is 9.83. The van der Waals surface area contributed by atoms with Gasteiger partial charge in [0.05, 0.1) is 11.0 Å². The van der Waals surface area contributed by atoms with Crippen LogP contribution in [0.2, 0.25) is 0 Å². The maximum absolute atomic E-state index is 5.06. The smallest absolute Gasteiger partial charge is 0.164 e. The van der Waals surface area contributed by atoms with Gasteiger partial charge in [-0.25, -0.2) is 4.98 Å². The Bertz CT molecular complexity index is 3190. The van der Waals surface area contributed by atoms with Crippen LogP contribution in [0.5, 0.6) is 0 Å². The molecule has 10 aromatic rings. The number of imidazole rings is 1. The van der Waals surface area contributed by atoms with E-state index in [0.717, 1.165) is 45.8 Å². The van der Waals surface area contributed by atoms with Crippen LogP contribution in [0.25, 0.3) is 100 Å². The maximum Gasteiger partial charge on any atom is 0.164 e. The first kappa shape index (κ1) is 32.3. The van der Waals surface area contributed by atoms with Gasteiger partial charge in [0.2, 0.25) is 0 Å². The molecule has 2 heterocycles. The fourth-order valence-corrected chi connectivity index (χ4v) is 8.88. The molecule has 264 valence electrons. The summed E-state index contributed by atoms with van der Waals surface area (Å²) in [6.07, 6.45) is 7.57. The molecule has 8 aromatic carbocycles. The predicted octanol–water partition coefficient (Wildman–Crippen LogP) is 13.8. The first-order chi connectivity index (χ1) is 27.7. The van der Waals surface area contributed by atoms with E-state index in [4.69, 9.17) is 9.97 Å². The molecule has 56 heavy (non-hydrogen) atoms. The Morgan fingerprint density at radius 2 is 1.25 bits per heavy atom. The van der Waals surface area contributed by atoms with Gasteiger partial charge in [0, 0.05) is 11.9 Å². The number of hydrogen-bond donors (Lipinski definition) is 0. The Morgan fingerprint density at radius 3 is 2.12 bits per heavy atom. The largest absolute Gasteiger partial charge is 0.291 e. The van der Waals surface area contributed by atoms with Crippen LogP contribution in [0.4, 0.5) is 0 Å². The quantitative estimate of drug-likeness (QED) is 0.166. The Kier molecular flexibility index (Phi) is 7.53. The standard InChI is InChI=1S/C53H37N3/c1-34-20-21-39-31-41(25-23-38(39)29-34)51-44-15-4-5-16-45(44)52(42-24-22-35-11-2-3-12-36(35)30-42)47-33-40(26-27-46(47)51)37-13-10-14-43(32-37)56-50-19-7-6-17-48(50)55-53(56)49-18-8-9-28-54-49/h2-28,30-34H,29H2,1H3. The topological polar surface area (TPSA) is 30.7 Å². The van der Waals surface area contributed by atoms with Crippen LogP contribution in [0, 0.1) is 5.92 Å². The highest BCUT2D eigenvalue weighted by atomic mass is 15.1.